The van der Waals surface area contributed by atoms with Crippen molar-refractivity contribution in [2.75, 3.05) is 0 Å². The minimum atomic E-state index is 0.975. The number of fused-ring (bicyclic) bond motifs is 1. The van der Waals surface area contributed by atoms with E-state index in [0.29, 0.717) is 0 Å². The number of benzene rings is 1. The van der Waals surface area contributed by atoms with Gasteiger partial charge in [0.2, 0.25) is 0 Å². The summed E-state index contributed by atoms with van der Waals surface area (Å²) in [5.41, 5.74) is 1.27. The fourth-order valence-electron chi connectivity index (χ4n) is 1.71. The molecule has 2 nitrogen and oxygen atoms in total. The van der Waals surface area contributed by atoms with Gasteiger partial charge in [-0.3, -0.25) is 0 Å². The van der Waals surface area contributed by atoms with Crippen molar-refractivity contribution in [1.29, 1.82) is 0 Å². The van der Waals surface area contributed by atoms with Crippen LogP contribution in [0, 0.1) is 6.20 Å². The zero-order valence-electron chi connectivity index (χ0n) is 8.12. The average molecular weight is 174 g/mol. The highest BCUT2D eigenvalue weighted by Crippen LogP contribution is 2.10. The number of para-hydroxylation sites is 1. The predicted molar refractivity (Wildman–Crippen MR) is 52.3 cm³/mol. The second kappa shape index (κ2) is 3.21. The molecule has 0 saturated heterocycles. The molecule has 2 rings (SSSR count). The third-order valence-corrected chi connectivity index (χ3v) is 2.32. The highest BCUT2D eigenvalue weighted by atomic mass is 15.4. The lowest BCUT2D eigenvalue weighted by Crippen LogP contribution is -2.41. The Hall–Kier alpha value is -1.31. The van der Waals surface area contributed by atoms with Gasteiger partial charge in [-0.05, 0) is 13.8 Å². The number of hydrogen-bond donors (Lipinski definition) is 0. The number of nitrogens with zero attached hydrogens (tertiary/aromatic N) is 2. The minimum absolute atomic E-state index is 0.975. The molecular formula is C11H14N2. The first-order chi connectivity index (χ1) is 6.36. The number of aryl methyl sites for hydroxylation is 2. The third kappa shape index (κ3) is 1.22. The van der Waals surface area contributed by atoms with E-state index in [1.54, 1.807) is 0 Å². The molecule has 0 aliphatic rings. The molecule has 0 amide bonds. The fourth-order valence-corrected chi connectivity index (χ4v) is 1.71. The minimum Gasteiger partial charge on any atom is -0.217 e. The van der Waals surface area contributed by atoms with Crippen molar-refractivity contribution >= 4 is 10.9 Å². The SMILES string of the molecule is CCn1c2ccccc2[c-][n+]1CC. The average Bonchev–Trinajstić information content (AvgIpc) is 2.55. The number of rotatable bonds is 2. The smallest absolute Gasteiger partial charge is 0.156 e. The molecule has 0 bridgehead atoms. The van der Waals surface area contributed by atoms with Crippen LogP contribution in [0.2, 0.25) is 0 Å². The lowest BCUT2D eigenvalue weighted by molar-refractivity contribution is -0.773. The van der Waals surface area contributed by atoms with Gasteiger partial charge in [0, 0.05) is 5.52 Å². The standard InChI is InChI=1S/C11H14N2/c1-3-12-9-10-7-5-6-8-11(10)13(12)4-2/h5-8H,3-4H2,1-2H3. The first-order valence-corrected chi connectivity index (χ1v) is 4.77. The first kappa shape index (κ1) is 8.30. The molecule has 1 heterocycles. The lowest BCUT2D eigenvalue weighted by Gasteiger charge is -2.03. The van der Waals surface area contributed by atoms with Crippen molar-refractivity contribution in [1.82, 2.24) is 4.68 Å². The summed E-state index contributed by atoms with van der Waals surface area (Å²) in [6, 6.07) is 8.37. The first-order valence-electron chi connectivity index (χ1n) is 4.77. The summed E-state index contributed by atoms with van der Waals surface area (Å²) >= 11 is 0. The quantitative estimate of drug-likeness (QED) is 0.484. The monoisotopic (exact) mass is 174 g/mol. The Bertz CT molecular complexity index is 415. The van der Waals surface area contributed by atoms with Crippen molar-refractivity contribution in [2.45, 2.75) is 26.9 Å². The molecular weight excluding hydrogens is 160 g/mol. The fraction of sp³-hybridized carbons (Fsp3) is 0.364. The van der Waals surface area contributed by atoms with Crippen LogP contribution in [0.4, 0.5) is 0 Å². The zero-order chi connectivity index (χ0) is 9.26. The molecule has 13 heavy (non-hydrogen) atoms. The Kier molecular flexibility index (Phi) is 2.05. The van der Waals surface area contributed by atoms with E-state index in [2.05, 4.69) is 53.7 Å². The Labute approximate surface area is 78.4 Å². The van der Waals surface area contributed by atoms with Gasteiger partial charge in [0.15, 0.2) is 6.54 Å². The Morgan fingerprint density at radius 1 is 1.31 bits per heavy atom. The molecule has 2 heteroatoms. The van der Waals surface area contributed by atoms with Crippen molar-refractivity contribution in [2.24, 2.45) is 0 Å². The summed E-state index contributed by atoms with van der Waals surface area (Å²) in [6.07, 6.45) is 3.34. The van der Waals surface area contributed by atoms with E-state index in [-0.39, 0.29) is 0 Å². The van der Waals surface area contributed by atoms with Crippen LogP contribution in [0.15, 0.2) is 24.3 Å². The summed E-state index contributed by atoms with van der Waals surface area (Å²) in [7, 11) is 0. The van der Waals surface area contributed by atoms with Crippen LogP contribution in [-0.2, 0) is 13.1 Å². The molecule has 0 fully saturated rings. The van der Waals surface area contributed by atoms with Crippen molar-refractivity contribution in [3.63, 3.8) is 0 Å². The van der Waals surface area contributed by atoms with Crippen LogP contribution >= 0.6 is 0 Å². The molecule has 2 aromatic rings. The molecule has 0 atom stereocenters. The van der Waals surface area contributed by atoms with Crippen LogP contribution in [-0.4, -0.2) is 4.68 Å². The molecule has 0 aliphatic carbocycles. The molecule has 0 unspecified atom stereocenters. The summed E-state index contributed by atoms with van der Waals surface area (Å²) < 4.78 is 4.38. The molecule has 1 aromatic carbocycles. The highest BCUT2D eigenvalue weighted by Gasteiger charge is 2.03. The highest BCUT2D eigenvalue weighted by molar-refractivity contribution is 5.76. The van der Waals surface area contributed by atoms with Crippen LogP contribution in [0.1, 0.15) is 13.8 Å². The summed E-state index contributed by atoms with van der Waals surface area (Å²) in [5, 5.41) is 1.20. The topological polar surface area (TPSA) is 8.81 Å². The molecule has 0 spiro atoms. The van der Waals surface area contributed by atoms with E-state index in [1.165, 1.54) is 10.9 Å². The van der Waals surface area contributed by atoms with E-state index in [4.69, 9.17) is 0 Å². The van der Waals surface area contributed by atoms with Gasteiger partial charge in [0.05, 0.1) is 6.54 Å². The van der Waals surface area contributed by atoms with Gasteiger partial charge < -0.3 is 0 Å². The van der Waals surface area contributed by atoms with Gasteiger partial charge in [-0.2, -0.15) is 10.7 Å². The number of hydrogen-bond acceptors (Lipinski definition) is 0. The van der Waals surface area contributed by atoms with Gasteiger partial charge in [0.1, 0.15) is 6.20 Å². The lowest BCUT2D eigenvalue weighted by atomic mass is 10.3. The zero-order valence-corrected chi connectivity index (χ0v) is 8.12. The maximum atomic E-state index is 3.34. The van der Waals surface area contributed by atoms with Crippen LogP contribution in [0.25, 0.3) is 10.9 Å². The molecule has 0 saturated carbocycles. The Morgan fingerprint density at radius 2 is 2.08 bits per heavy atom. The maximum Gasteiger partial charge on any atom is 0.156 e. The van der Waals surface area contributed by atoms with Crippen LogP contribution in [0.5, 0.6) is 0 Å². The summed E-state index contributed by atoms with van der Waals surface area (Å²) in [6.45, 7) is 6.27. The largest absolute Gasteiger partial charge is 0.217 e. The van der Waals surface area contributed by atoms with Gasteiger partial charge in [-0.1, -0.05) is 17.5 Å². The predicted octanol–water partition coefficient (Wildman–Crippen LogP) is 1.77. The Balaban J connectivity index is 2.73. The maximum absolute atomic E-state index is 3.34. The van der Waals surface area contributed by atoms with Gasteiger partial charge in [-0.15, -0.1) is 6.07 Å². The van der Waals surface area contributed by atoms with Crippen molar-refractivity contribution < 1.29 is 4.68 Å². The summed E-state index contributed by atoms with van der Waals surface area (Å²) in [5.74, 6) is 0. The molecule has 0 radical (unpaired) electrons. The van der Waals surface area contributed by atoms with Crippen LogP contribution < -0.4 is 4.68 Å². The summed E-state index contributed by atoms with van der Waals surface area (Å²) in [4.78, 5) is 0. The second-order valence-corrected chi connectivity index (χ2v) is 3.06. The van der Waals surface area contributed by atoms with E-state index in [1.807, 2.05) is 0 Å². The molecule has 68 valence electrons. The van der Waals surface area contributed by atoms with E-state index >= 15 is 0 Å². The van der Waals surface area contributed by atoms with E-state index in [0.717, 1.165) is 13.1 Å². The van der Waals surface area contributed by atoms with Crippen molar-refractivity contribution in [3.05, 3.63) is 30.5 Å². The molecule has 0 N–H and O–H groups in total. The normalized spacial score (nSPS) is 10.9. The molecule has 1 aromatic heterocycles. The third-order valence-electron chi connectivity index (χ3n) is 2.32. The second-order valence-electron chi connectivity index (χ2n) is 3.06. The molecule has 0 aliphatic heterocycles. The van der Waals surface area contributed by atoms with Crippen LogP contribution in [0.3, 0.4) is 0 Å². The number of aromatic nitrogens is 2. The van der Waals surface area contributed by atoms with Gasteiger partial charge in [0.25, 0.3) is 0 Å². The van der Waals surface area contributed by atoms with Gasteiger partial charge in [-0.25, -0.2) is 4.68 Å². The Morgan fingerprint density at radius 3 is 2.77 bits per heavy atom. The van der Waals surface area contributed by atoms with Crippen molar-refractivity contribution in [3.8, 4) is 0 Å². The van der Waals surface area contributed by atoms with E-state index < -0.39 is 0 Å². The van der Waals surface area contributed by atoms with Gasteiger partial charge >= 0.3 is 0 Å². The van der Waals surface area contributed by atoms with E-state index in [9.17, 15) is 0 Å².